The standard InChI is InChI=1S/C46H30N4/c1-3-12-33(13-4-1)44-48-45(34-14-5-2-6-15-34)50-46(49-44)40-28-38(32-23-21-31(22-24-32)37-18-11-25-47-30-37)27-39(29-40)43-41-19-9-7-16-35(41)26-36-17-8-10-20-42(36)43/h1-30H. The first-order valence-electron chi connectivity index (χ1n) is 16.7. The number of nitrogens with zero attached hydrogens (tertiary/aromatic N) is 4. The average molecular weight is 639 g/mol. The van der Waals surface area contributed by atoms with Crippen molar-refractivity contribution < 1.29 is 0 Å². The minimum atomic E-state index is 0.623. The lowest BCUT2D eigenvalue weighted by Gasteiger charge is -2.16. The highest BCUT2D eigenvalue weighted by Gasteiger charge is 2.17. The van der Waals surface area contributed by atoms with Crippen molar-refractivity contribution in [2.24, 2.45) is 0 Å². The highest BCUT2D eigenvalue weighted by atomic mass is 15.0. The van der Waals surface area contributed by atoms with Crippen molar-refractivity contribution in [3.05, 3.63) is 182 Å². The first kappa shape index (κ1) is 29.4. The van der Waals surface area contributed by atoms with Gasteiger partial charge in [-0.05, 0) is 85.3 Å². The van der Waals surface area contributed by atoms with Gasteiger partial charge in [-0.3, -0.25) is 4.98 Å². The van der Waals surface area contributed by atoms with Crippen molar-refractivity contribution in [2.45, 2.75) is 0 Å². The Kier molecular flexibility index (Phi) is 7.45. The van der Waals surface area contributed by atoms with Gasteiger partial charge in [-0.1, -0.05) is 140 Å². The van der Waals surface area contributed by atoms with Gasteiger partial charge in [-0.25, -0.2) is 15.0 Å². The second-order valence-electron chi connectivity index (χ2n) is 12.4. The molecule has 0 saturated carbocycles. The number of hydrogen-bond donors (Lipinski definition) is 0. The molecule has 4 nitrogen and oxygen atoms in total. The Morgan fingerprint density at radius 2 is 0.760 bits per heavy atom. The summed E-state index contributed by atoms with van der Waals surface area (Å²) in [6.45, 7) is 0. The fraction of sp³-hybridized carbons (Fsp3) is 0. The molecule has 0 N–H and O–H groups in total. The molecule has 0 aliphatic carbocycles. The van der Waals surface area contributed by atoms with Crippen molar-refractivity contribution in [1.29, 1.82) is 0 Å². The van der Waals surface area contributed by atoms with E-state index in [1.165, 1.54) is 27.1 Å². The van der Waals surface area contributed by atoms with Crippen LogP contribution in [0.5, 0.6) is 0 Å². The van der Waals surface area contributed by atoms with Crippen LogP contribution in [0.3, 0.4) is 0 Å². The topological polar surface area (TPSA) is 51.6 Å². The Labute approximate surface area is 290 Å². The van der Waals surface area contributed by atoms with Gasteiger partial charge in [0.2, 0.25) is 0 Å². The van der Waals surface area contributed by atoms with E-state index in [4.69, 9.17) is 15.0 Å². The van der Waals surface area contributed by atoms with E-state index < -0.39 is 0 Å². The third-order valence-corrected chi connectivity index (χ3v) is 9.16. The highest BCUT2D eigenvalue weighted by molar-refractivity contribution is 6.13. The molecule has 0 bridgehead atoms. The molecule has 0 aliphatic heterocycles. The minimum Gasteiger partial charge on any atom is -0.264 e. The first-order valence-corrected chi connectivity index (χ1v) is 16.7. The van der Waals surface area contributed by atoms with Crippen LogP contribution < -0.4 is 0 Å². The zero-order chi connectivity index (χ0) is 33.3. The summed E-state index contributed by atoms with van der Waals surface area (Å²) in [4.78, 5) is 19.5. The molecule has 0 aliphatic rings. The van der Waals surface area contributed by atoms with E-state index in [1.54, 1.807) is 6.20 Å². The average Bonchev–Trinajstić information content (AvgIpc) is 3.20. The molecule has 7 aromatic carbocycles. The van der Waals surface area contributed by atoms with Gasteiger partial charge < -0.3 is 0 Å². The molecule has 2 aromatic heterocycles. The monoisotopic (exact) mass is 638 g/mol. The van der Waals surface area contributed by atoms with Gasteiger partial charge in [0.1, 0.15) is 0 Å². The summed E-state index contributed by atoms with van der Waals surface area (Å²) in [6, 6.07) is 59.3. The Morgan fingerprint density at radius 1 is 0.300 bits per heavy atom. The molecule has 0 saturated heterocycles. The fourth-order valence-electron chi connectivity index (χ4n) is 6.72. The highest BCUT2D eigenvalue weighted by Crippen LogP contribution is 2.40. The van der Waals surface area contributed by atoms with Crippen LogP contribution in [0.15, 0.2) is 182 Å². The molecule has 0 amide bonds. The smallest absolute Gasteiger partial charge is 0.164 e. The molecule has 0 spiro atoms. The van der Waals surface area contributed by atoms with Crippen LogP contribution in [0.1, 0.15) is 0 Å². The van der Waals surface area contributed by atoms with Crippen LogP contribution in [0, 0.1) is 0 Å². The summed E-state index contributed by atoms with van der Waals surface area (Å²) in [5.74, 6) is 1.90. The summed E-state index contributed by atoms with van der Waals surface area (Å²) in [5.41, 5.74) is 9.48. The van der Waals surface area contributed by atoms with Crippen LogP contribution in [0.4, 0.5) is 0 Å². The van der Waals surface area contributed by atoms with Gasteiger partial charge in [0.05, 0.1) is 0 Å². The first-order chi connectivity index (χ1) is 24.8. The zero-order valence-corrected chi connectivity index (χ0v) is 27.1. The second-order valence-corrected chi connectivity index (χ2v) is 12.4. The lowest BCUT2D eigenvalue weighted by atomic mass is 9.89. The molecule has 0 radical (unpaired) electrons. The van der Waals surface area contributed by atoms with E-state index in [0.29, 0.717) is 17.5 Å². The predicted octanol–water partition coefficient (Wildman–Crippen LogP) is 11.6. The van der Waals surface area contributed by atoms with Crippen molar-refractivity contribution in [3.8, 4) is 67.5 Å². The van der Waals surface area contributed by atoms with Crippen molar-refractivity contribution in [2.75, 3.05) is 0 Å². The SMILES string of the molecule is c1ccc(-c2nc(-c3ccccc3)nc(-c3cc(-c4ccc(-c5cccnc5)cc4)cc(-c4c5ccccc5cc5ccccc45)c3)n2)cc1. The summed E-state index contributed by atoms with van der Waals surface area (Å²) < 4.78 is 0. The maximum absolute atomic E-state index is 5.12. The third kappa shape index (κ3) is 5.59. The Balaban J connectivity index is 1.30. The molecule has 0 unspecified atom stereocenters. The van der Waals surface area contributed by atoms with Crippen molar-refractivity contribution in [1.82, 2.24) is 19.9 Å². The maximum Gasteiger partial charge on any atom is 0.164 e. The Hall–Kier alpha value is -6.78. The minimum absolute atomic E-state index is 0.623. The van der Waals surface area contributed by atoms with Gasteiger partial charge in [-0.15, -0.1) is 0 Å². The van der Waals surface area contributed by atoms with Gasteiger partial charge in [0, 0.05) is 29.1 Å². The van der Waals surface area contributed by atoms with Gasteiger partial charge in [-0.2, -0.15) is 0 Å². The summed E-state index contributed by atoms with van der Waals surface area (Å²) in [5, 5.41) is 4.80. The molecule has 0 fully saturated rings. The van der Waals surface area contributed by atoms with E-state index in [2.05, 4.69) is 108 Å². The van der Waals surface area contributed by atoms with Gasteiger partial charge >= 0.3 is 0 Å². The Morgan fingerprint density at radius 3 is 1.32 bits per heavy atom. The van der Waals surface area contributed by atoms with E-state index in [9.17, 15) is 0 Å². The van der Waals surface area contributed by atoms with Gasteiger partial charge in [0.25, 0.3) is 0 Å². The molecule has 50 heavy (non-hydrogen) atoms. The summed E-state index contributed by atoms with van der Waals surface area (Å²) >= 11 is 0. The molecule has 9 aromatic rings. The molecule has 234 valence electrons. The third-order valence-electron chi connectivity index (χ3n) is 9.16. The lowest BCUT2D eigenvalue weighted by Crippen LogP contribution is -2.00. The Bertz CT molecular complexity index is 2510. The largest absolute Gasteiger partial charge is 0.264 e. The molecule has 0 atom stereocenters. The van der Waals surface area contributed by atoms with Crippen LogP contribution in [-0.2, 0) is 0 Å². The number of aromatic nitrogens is 4. The number of benzene rings is 7. The lowest BCUT2D eigenvalue weighted by molar-refractivity contribution is 1.07. The number of fused-ring (bicyclic) bond motifs is 2. The van der Waals surface area contributed by atoms with Crippen LogP contribution in [0.25, 0.3) is 89.1 Å². The van der Waals surface area contributed by atoms with Crippen LogP contribution in [-0.4, -0.2) is 19.9 Å². The number of hydrogen-bond acceptors (Lipinski definition) is 4. The number of pyridine rings is 1. The van der Waals surface area contributed by atoms with E-state index in [-0.39, 0.29) is 0 Å². The summed E-state index contributed by atoms with van der Waals surface area (Å²) in [7, 11) is 0. The van der Waals surface area contributed by atoms with Crippen molar-refractivity contribution in [3.63, 3.8) is 0 Å². The number of rotatable bonds is 6. The van der Waals surface area contributed by atoms with Crippen molar-refractivity contribution >= 4 is 21.5 Å². The molecule has 2 heterocycles. The fourth-order valence-corrected chi connectivity index (χ4v) is 6.72. The van der Waals surface area contributed by atoms with E-state index in [1.807, 2.05) is 72.9 Å². The molecule has 9 rings (SSSR count). The molecular weight excluding hydrogens is 609 g/mol. The summed E-state index contributed by atoms with van der Waals surface area (Å²) in [6.07, 6.45) is 3.70. The second kappa shape index (κ2) is 12.7. The predicted molar refractivity (Wildman–Crippen MR) is 205 cm³/mol. The molecular formula is C46H30N4. The van der Waals surface area contributed by atoms with Crippen LogP contribution in [0.2, 0.25) is 0 Å². The molecule has 4 heteroatoms. The maximum atomic E-state index is 5.12. The van der Waals surface area contributed by atoms with E-state index >= 15 is 0 Å². The quantitative estimate of drug-likeness (QED) is 0.170. The normalized spacial score (nSPS) is 11.2. The van der Waals surface area contributed by atoms with E-state index in [0.717, 1.165) is 44.5 Å². The van der Waals surface area contributed by atoms with Crippen LogP contribution >= 0.6 is 0 Å². The van der Waals surface area contributed by atoms with Gasteiger partial charge in [0.15, 0.2) is 17.5 Å². The zero-order valence-electron chi connectivity index (χ0n) is 27.1.